The van der Waals surface area contributed by atoms with Gasteiger partial charge >= 0.3 is 33.6 Å². The highest BCUT2D eigenvalue weighted by atomic mass is 31.2. The Morgan fingerprint density at radius 3 is 1.08 bits per heavy atom. The van der Waals surface area contributed by atoms with Crippen molar-refractivity contribution < 1.29 is 75.8 Å². The summed E-state index contributed by atoms with van der Waals surface area (Å²) < 4.78 is 60.6. The normalized spacial score (nSPS) is 15.1. The minimum absolute atomic E-state index is 0.0898. The molecule has 5 unspecified atom stereocenters. The van der Waals surface area contributed by atoms with Gasteiger partial charge < -0.3 is 34.2 Å². The number of phosphoric ester groups is 2. The first-order valence-electron chi connectivity index (χ1n) is 29.9. The van der Waals surface area contributed by atoms with E-state index in [-0.39, 0.29) is 19.3 Å². The molecule has 5 atom stereocenters. The summed E-state index contributed by atoms with van der Waals surface area (Å²) in [5.74, 6) is -1.62. The summed E-state index contributed by atoms with van der Waals surface area (Å²) in [7, 11) is -9.77. The van der Waals surface area contributed by atoms with Gasteiger partial charge in [-0.25, -0.2) is 9.13 Å². The lowest BCUT2D eigenvalue weighted by Crippen LogP contribution is -2.30. The van der Waals surface area contributed by atoms with Crippen LogP contribution in [0.4, 0.5) is 0 Å². The highest BCUT2D eigenvalue weighted by Crippen LogP contribution is 2.45. The van der Waals surface area contributed by atoms with E-state index in [4.69, 9.17) is 32.3 Å². The lowest BCUT2D eigenvalue weighted by atomic mass is 10.1. The van der Waals surface area contributed by atoms with Crippen LogP contribution < -0.4 is 0 Å². The fourth-order valence-electron chi connectivity index (χ4n) is 7.53. The van der Waals surface area contributed by atoms with Crippen molar-refractivity contribution in [2.45, 2.75) is 245 Å². The molecule has 0 rings (SSSR count). The van der Waals surface area contributed by atoms with Crippen molar-refractivity contribution in [2.24, 2.45) is 0 Å². The van der Waals surface area contributed by atoms with Gasteiger partial charge in [0, 0.05) is 19.3 Å². The molecule has 18 heteroatoms. The summed E-state index contributed by atoms with van der Waals surface area (Å²) in [5.41, 5.74) is 0. The first-order chi connectivity index (χ1) is 38.2. The van der Waals surface area contributed by atoms with Crippen LogP contribution in [0.25, 0.3) is 0 Å². The maximum atomic E-state index is 12.8. The van der Waals surface area contributed by atoms with Crippen LogP contribution in [0.2, 0.25) is 0 Å². The maximum Gasteiger partial charge on any atom is 0.472 e. The van der Waals surface area contributed by atoms with E-state index in [0.29, 0.717) is 19.3 Å². The van der Waals surface area contributed by atoms with Gasteiger partial charge in [-0.1, -0.05) is 183 Å². The molecular formula is C61H106O16P2. The zero-order valence-corrected chi connectivity index (χ0v) is 50.6. The van der Waals surface area contributed by atoms with Gasteiger partial charge in [-0.15, -0.1) is 0 Å². The summed E-state index contributed by atoms with van der Waals surface area (Å²) in [6, 6.07) is 0. The first kappa shape index (κ1) is 75.7. The number of esters is 3. The van der Waals surface area contributed by atoms with Crippen molar-refractivity contribution >= 4 is 33.6 Å². The fraction of sp³-hybridized carbons (Fsp3) is 0.721. The number of hydrogen-bond donors (Lipinski definition) is 4. The van der Waals surface area contributed by atoms with Gasteiger partial charge in [-0.2, -0.15) is 0 Å². The molecule has 0 aliphatic carbocycles. The minimum atomic E-state index is -4.92. The second-order valence-corrected chi connectivity index (χ2v) is 22.6. The number of carbonyl (C=O) groups excluding carboxylic acids is 3. The number of allylic oxidation sites excluding steroid dienone is 14. The van der Waals surface area contributed by atoms with Gasteiger partial charge in [0.25, 0.3) is 0 Å². The van der Waals surface area contributed by atoms with Crippen LogP contribution in [-0.2, 0) is 55.8 Å². The van der Waals surface area contributed by atoms with Gasteiger partial charge in [0.05, 0.1) is 26.4 Å². The molecule has 0 amide bonds. The molecule has 456 valence electrons. The average Bonchev–Trinajstić information content (AvgIpc) is 3.42. The van der Waals surface area contributed by atoms with Crippen molar-refractivity contribution in [3.8, 4) is 0 Å². The van der Waals surface area contributed by atoms with Gasteiger partial charge in [0.1, 0.15) is 25.4 Å². The first-order valence-corrected chi connectivity index (χ1v) is 32.9. The summed E-state index contributed by atoms with van der Waals surface area (Å²) in [4.78, 5) is 58.1. The van der Waals surface area contributed by atoms with E-state index in [1.54, 1.807) is 0 Å². The Kier molecular flexibility index (Phi) is 53.0. The van der Waals surface area contributed by atoms with Crippen LogP contribution in [-0.4, -0.2) is 95.9 Å². The molecule has 0 aliphatic heterocycles. The lowest BCUT2D eigenvalue weighted by molar-refractivity contribution is -0.161. The molecule has 0 saturated heterocycles. The minimum Gasteiger partial charge on any atom is -0.463 e. The summed E-state index contributed by atoms with van der Waals surface area (Å²) in [6.45, 7) is 2.35. The Morgan fingerprint density at radius 1 is 0.367 bits per heavy atom. The SMILES string of the molecule is CC/C=C\C/C=C\C/C=C\CCCCCCCC(=O)OCC(O)COP(=O)(O)OCC(O)COP(=O)(O)OCC(COC(=O)CCCCCCC/C=C\C/C=C\C/C=C\CC)OC(=O)CCCCCCC/C=C\CCCCCC. The molecule has 0 heterocycles. The van der Waals surface area contributed by atoms with Gasteiger partial charge in [0.15, 0.2) is 6.10 Å². The fourth-order valence-corrected chi connectivity index (χ4v) is 9.12. The van der Waals surface area contributed by atoms with Crippen LogP contribution in [0.1, 0.15) is 226 Å². The lowest BCUT2D eigenvalue weighted by Gasteiger charge is -2.21. The third-order valence-electron chi connectivity index (χ3n) is 12.1. The van der Waals surface area contributed by atoms with Crippen molar-refractivity contribution in [1.29, 1.82) is 0 Å². The number of carbonyl (C=O) groups is 3. The number of phosphoric acid groups is 2. The number of unbranched alkanes of at least 4 members (excludes halogenated alkanes) is 19. The quantitative estimate of drug-likeness (QED) is 0.0146. The van der Waals surface area contributed by atoms with Gasteiger partial charge in [-0.05, 0) is 109 Å². The molecule has 4 N–H and O–H groups in total. The number of aliphatic hydroxyl groups excluding tert-OH is 2. The second-order valence-electron chi connectivity index (χ2n) is 19.7. The predicted molar refractivity (Wildman–Crippen MR) is 316 cm³/mol. The summed E-state index contributed by atoms with van der Waals surface area (Å²) in [6.07, 6.45) is 55.1. The third-order valence-corrected chi connectivity index (χ3v) is 14.0. The zero-order chi connectivity index (χ0) is 58.2. The van der Waals surface area contributed by atoms with Crippen LogP contribution in [0.5, 0.6) is 0 Å². The van der Waals surface area contributed by atoms with E-state index >= 15 is 0 Å². The monoisotopic (exact) mass is 1160 g/mol. The van der Waals surface area contributed by atoms with Crippen molar-refractivity contribution in [3.05, 3.63) is 85.1 Å². The Labute approximate surface area is 476 Å². The zero-order valence-electron chi connectivity index (χ0n) is 48.8. The number of rotatable bonds is 56. The number of ether oxygens (including phenoxy) is 3. The van der Waals surface area contributed by atoms with E-state index in [0.717, 1.165) is 141 Å². The highest BCUT2D eigenvalue weighted by molar-refractivity contribution is 7.47. The van der Waals surface area contributed by atoms with Crippen LogP contribution in [0.3, 0.4) is 0 Å². The van der Waals surface area contributed by atoms with E-state index in [2.05, 4.69) is 106 Å². The van der Waals surface area contributed by atoms with Gasteiger partial charge in [-0.3, -0.25) is 32.5 Å². The molecule has 0 fully saturated rings. The summed E-state index contributed by atoms with van der Waals surface area (Å²) in [5, 5.41) is 20.4. The van der Waals surface area contributed by atoms with Crippen molar-refractivity contribution in [1.82, 2.24) is 0 Å². The highest BCUT2D eigenvalue weighted by Gasteiger charge is 2.29. The van der Waals surface area contributed by atoms with Crippen molar-refractivity contribution in [3.63, 3.8) is 0 Å². The maximum absolute atomic E-state index is 12.8. The molecule has 0 aromatic carbocycles. The molecule has 0 aliphatic rings. The largest absolute Gasteiger partial charge is 0.472 e. The molecule has 0 aromatic rings. The molecule has 16 nitrogen and oxygen atoms in total. The van der Waals surface area contributed by atoms with E-state index in [1.165, 1.54) is 25.7 Å². The Bertz CT molecular complexity index is 1790. The van der Waals surface area contributed by atoms with Gasteiger partial charge in [0.2, 0.25) is 0 Å². The third kappa shape index (κ3) is 56.4. The van der Waals surface area contributed by atoms with E-state index in [1.807, 2.05) is 0 Å². The Balaban J connectivity index is 4.73. The molecule has 0 radical (unpaired) electrons. The molecule has 0 saturated carbocycles. The number of hydrogen-bond acceptors (Lipinski definition) is 14. The average molecular weight is 1160 g/mol. The van der Waals surface area contributed by atoms with Crippen LogP contribution in [0, 0.1) is 0 Å². The smallest absolute Gasteiger partial charge is 0.463 e. The van der Waals surface area contributed by atoms with Crippen LogP contribution in [0.15, 0.2) is 85.1 Å². The standard InChI is InChI=1S/C61H106O16P2/c1-4-7-10-13-16-19-22-25-27-30-32-35-38-41-44-47-59(64)71-50-56(62)51-73-78(67,68)74-52-57(63)53-75-79(69,70)76-55-58(77-61(66)49-46-43-40-37-34-29-24-21-18-15-12-9-6-3)54-72-60(65)48-45-42-39-36-33-31-28-26-23-20-17-14-11-8-5-2/h7-8,10-11,16-17,19-21,24-28,56-58,62-63H,4-6,9,12-15,18,22-23,29-55H2,1-3H3,(H,67,68)(H,69,70)/b10-7-,11-8-,19-16-,20-17-,24-21-,27-25-,28-26-. The molecule has 0 aromatic heterocycles. The topological polar surface area (TPSA) is 231 Å². The van der Waals surface area contributed by atoms with E-state index < -0.39 is 91.5 Å². The van der Waals surface area contributed by atoms with Crippen molar-refractivity contribution in [2.75, 3.05) is 39.6 Å². The molecule has 0 bridgehead atoms. The Hall–Kier alpha value is -3.27. The summed E-state index contributed by atoms with van der Waals surface area (Å²) >= 11 is 0. The Morgan fingerprint density at radius 2 is 0.671 bits per heavy atom. The molecular weight excluding hydrogens is 1050 g/mol. The molecule has 0 spiro atoms. The number of aliphatic hydroxyl groups is 2. The van der Waals surface area contributed by atoms with Crippen LogP contribution >= 0.6 is 15.6 Å². The van der Waals surface area contributed by atoms with E-state index in [9.17, 15) is 43.5 Å². The second kappa shape index (κ2) is 55.3. The predicted octanol–water partition coefficient (Wildman–Crippen LogP) is 15.4. The molecule has 79 heavy (non-hydrogen) atoms.